The number of hydrogen-bond donors (Lipinski definition) is 2. The van der Waals surface area contributed by atoms with Crippen molar-refractivity contribution < 1.29 is 32.3 Å². The molecule has 0 radical (unpaired) electrons. The van der Waals surface area contributed by atoms with E-state index >= 15 is 0 Å². The third-order valence-corrected chi connectivity index (χ3v) is 11.0. The quantitative estimate of drug-likeness (QED) is 0.403. The predicted octanol–water partition coefficient (Wildman–Crippen LogP) is 0.599. The number of aliphatic hydroxyl groups is 1. The maximum atomic E-state index is 13.8. The average Bonchev–Trinajstić information content (AvgIpc) is 3.61. The highest BCUT2D eigenvalue weighted by atomic mass is 32.2. The van der Waals surface area contributed by atoms with Crippen molar-refractivity contribution in [1.82, 2.24) is 24.4 Å². The number of aliphatic hydroxyl groups excluding tert-OH is 1. The van der Waals surface area contributed by atoms with Crippen LogP contribution in [0, 0.1) is 12.3 Å². The zero-order chi connectivity index (χ0) is 28.7. The first-order chi connectivity index (χ1) is 19.7. The number of carbonyl (C=O) groups excluding carboxylic acids is 2. The minimum Gasteiger partial charge on any atom is -0.436 e. The predicted molar refractivity (Wildman–Crippen MR) is 148 cm³/mol. The standard InChI is InChI=1S/C27H29N5O7S2/c1-2-17-3-4-18-12-25(40-22(18)11-17)41(36,37)31-5-6-32(19(16-31)13-24(34)30-7-9-38-10-8-30)27(35)26-29-20-14-23(33)28-15-21(20)39-26/h1,3-4,11-12,19,23,28,33H,5-10,13-16H2. The van der Waals surface area contributed by atoms with Crippen LogP contribution in [0.5, 0.6) is 0 Å². The maximum absolute atomic E-state index is 13.8. The smallest absolute Gasteiger partial charge is 0.310 e. The molecule has 0 aliphatic carbocycles. The highest BCUT2D eigenvalue weighted by Gasteiger charge is 2.40. The van der Waals surface area contributed by atoms with Crippen molar-refractivity contribution in [3.63, 3.8) is 0 Å². The van der Waals surface area contributed by atoms with Gasteiger partial charge in [0.05, 0.1) is 31.5 Å². The minimum atomic E-state index is -3.92. The van der Waals surface area contributed by atoms with E-state index in [0.717, 1.165) is 21.4 Å². The Bertz CT molecular complexity index is 1640. The SMILES string of the molecule is C#Cc1ccc2cc(S(=O)(=O)N3CCN(C(=O)c4nc5c(o4)CNC(O)C5)C(CC(=O)N4CCOCC4)C3)sc2c1. The van der Waals surface area contributed by atoms with Gasteiger partial charge in [-0.1, -0.05) is 12.0 Å². The van der Waals surface area contributed by atoms with Crippen LogP contribution in [0.15, 0.2) is 32.9 Å². The molecule has 2 unspecified atom stereocenters. The first-order valence-corrected chi connectivity index (χ1v) is 15.6. The monoisotopic (exact) mass is 599 g/mol. The minimum absolute atomic E-state index is 0.0425. The van der Waals surface area contributed by atoms with Crippen LogP contribution >= 0.6 is 11.3 Å². The lowest BCUT2D eigenvalue weighted by molar-refractivity contribution is -0.136. The molecule has 0 spiro atoms. The van der Waals surface area contributed by atoms with Crippen molar-refractivity contribution >= 4 is 43.3 Å². The normalized spacial score (nSPS) is 22.0. The first-order valence-electron chi connectivity index (χ1n) is 13.3. The van der Waals surface area contributed by atoms with Gasteiger partial charge >= 0.3 is 5.91 Å². The molecule has 6 rings (SSSR count). The zero-order valence-electron chi connectivity index (χ0n) is 22.1. The van der Waals surface area contributed by atoms with Gasteiger partial charge in [0.1, 0.15) is 16.2 Å². The third kappa shape index (κ3) is 5.49. The first kappa shape index (κ1) is 27.8. The van der Waals surface area contributed by atoms with E-state index in [0.29, 0.717) is 43.3 Å². The van der Waals surface area contributed by atoms with E-state index in [1.165, 1.54) is 9.21 Å². The Balaban J connectivity index is 1.27. The summed E-state index contributed by atoms with van der Waals surface area (Å²) >= 11 is 1.14. The number of rotatable bonds is 5. The van der Waals surface area contributed by atoms with Crippen LogP contribution in [0.1, 0.15) is 34.1 Å². The second-order valence-corrected chi connectivity index (χ2v) is 13.4. The summed E-state index contributed by atoms with van der Waals surface area (Å²) in [6.45, 7) is 1.99. The number of nitrogens with one attached hydrogen (secondary N) is 1. The van der Waals surface area contributed by atoms with Crippen LogP contribution in [0.3, 0.4) is 0 Å². The Morgan fingerprint density at radius 1 is 1.20 bits per heavy atom. The van der Waals surface area contributed by atoms with Crippen LogP contribution < -0.4 is 5.32 Å². The number of nitrogens with zero attached hydrogens (tertiary/aromatic N) is 4. The fourth-order valence-electron chi connectivity index (χ4n) is 5.34. The molecular weight excluding hydrogens is 570 g/mol. The Labute approximate surface area is 240 Å². The number of thiophene rings is 1. The second-order valence-electron chi connectivity index (χ2n) is 10.2. The molecule has 14 heteroatoms. The number of carbonyl (C=O) groups is 2. The number of piperazine rings is 1. The Hall–Kier alpha value is -3.32. The number of amides is 2. The van der Waals surface area contributed by atoms with E-state index in [1.807, 2.05) is 0 Å². The molecule has 41 heavy (non-hydrogen) atoms. The van der Waals surface area contributed by atoms with E-state index in [1.54, 1.807) is 29.2 Å². The van der Waals surface area contributed by atoms with Crippen LogP contribution in [0.25, 0.3) is 10.1 Å². The van der Waals surface area contributed by atoms with Gasteiger partial charge in [0, 0.05) is 55.8 Å². The Kier molecular flexibility index (Phi) is 7.58. The summed E-state index contributed by atoms with van der Waals surface area (Å²) in [7, 11) is -3.92. The lowest BCUT2D eigenvalue weighted by Gasteiger charge is -2.40. The summed E-state index contributed by atoms with van der Waals surface area (Å²) < 4.78 is 40.9. The van der Waals surface area contributed by atoms with Crippen molar-refractivity contribution in [1.29, 1.82) is 0 Å². The van der Waals surface area contributed by atoms with Gasteiger partial charge in [-0.05, 0) is 23.6 Å². The Morgan fingerprint density at radius 3 is 2.78 bits per heavy atom. The molecule has 12 nitrogen and oxygen atoms in total. The fourth-order valence-corrected chi connectivity index (χ4v) is 8.40. The van der Waals surface area contributed by atoms with Gasteiger partial charge in [0.25, 0.3) is 15.9 Å². The third-order valence-electron chi connectivity index (χ3n) is 7.58. The molecule has 0 saturated carbocycles. The summed E-state index contributed by atoms with van der Waals surface area (Å²) in [6.07, 6.45) is 4.87. The van der Waals surface area contributed by atoms with Gasteiger partial charge in [-0.25, -0.2) is 13.4 Å². The lowest BCUT2D eigenvalue weighted by Crippen LogP contribution is -2.58. The van der Waals surface area contributed by atoms with Crippen molar-refractivity contribution in [2.24, 2.45) is 0 Å². The molecule has 2 N–H and O–H groups in total. The van der Waals surface area contributed by atoms with Gasteiger partial charge < -0.3 is 24.1 Å². The van der Waals surface area contributed by atoms with Crippen molar-refractivity contribution in [3.8, 4) is 12.3 Å². The molecule has 216 valence electrons. The Morgan fingerprint density at radius 2 is 2.00 bits per heavy atom. The van der Waals surface area contributed by atoms with E-state index in [2.05, 4.69) is 16.2 Å². The van der Waals surface area contributed by atoms with Crippen LogP contribution in [-0.4, -0.2) is 103 Å². The molecule has 2 atom stereocenters. The number of morpholine rings is 1. The van der Waals surface area contributed by atoms with Crippen LogP contribution in [-0.2, 0) is 32.5 Å². The summed E-state index contributed by atoms with van der Waals surface area (Å²) in [4.78, 5) is 34.4. The average molecular weight is 600 g/mol. The number of benzene rings is 1. The molecule has 0 bridgehead atoms. The number of sulfonamides is 1. The number of hydrogen-bond acceptors (Lipinski definition) is 10. The largest absolute Gasteiger partial charge is 0.436 e. The van der Waals surface area contributed by atoms with E-state index < -0.39 is 28.2 Å². The summed E-state index contributed by atoms with van der Waals surface area (Å²) in [5, 5.41) is 13.5. The van der Waals surface area contributed by atoms with Crippen molar-refractivity contribution in [2.45, 2.75) is 35.9 Å². The number of terminal acetylenes is 1. The van der Waals surface area contributed by atoms with Crippen molar-refractivity contribution in [2.75, 3.05) is 45.9 Å². The lowest BCUT2D eigenvalue weighted by atomic mass is 10.1. The number of aromatic nitrogens is 1. The molecule has 3 aliphatic rings. The fraction of sp³-hybridized carbons (Fsp3) is 0.444. The zero-order valence-corrected chi connectivity index (χ0v) is 23.7. The molecule has 3 aliphatic heterocycles. The van der Waals surface area contributed by atoms with Gasteiger partial charge in [-0.15, -0.1) is 17.8 Å². The molecule has 3 aromatic rings. The van der Waals surface area contributed by atoms with Crippen LogP contribution in [0.4, 0.5) is 0 Å². The molecule has 2 aromatic heterocycles. The number of oxazole rings is 1. The molecule has 2 amide bonds. The van der Waals surface area contributed by atoms with Gasteiger partial charge in [0.15, 0.2) is 0 Å². The van der Waals surface area contributed by atoms with E-state index in [4.69, 9.17) is 15.6 Å². The van der Waals surface area contributed by atoms with Gasteiger partial charge in [-0.3, -0.25) is 14.9 Å². The molecule has 1 aromatic carbocycles. The maximum Gasteiger partial charge on any atom is 0.310 e. The number of ether oxygens (including phenoxy) is 1. The van der Waals surface area contributed by atoms with E-state index in [-0.39, 0.29) is 55.0 Å². The highest BCUT2D eigenvalue weighted by Crippen LogP contribution is 2.33. The molecule has 5 heterocycles. The molecular formula is C27H29N5O7S2. The summed E-state index contributed by atoms with van der Waals surface area (Å²) in [5.41, 5.74) is 1.16. The summed E-state index contributed by atoms with van der Waals surface area (Å²) in [5.74, 6) is 2.20. The van der Waals surface area contributed by atoms with Gasteiger partial charge in [0.2, 0.25) is 5.91 Å². The molecule has 2 fully saturated rings. The topological polar surface area (TPSA) is 146 Å². The van der Waals surface area contributed by atoms with Gasteiger partial charge in [-0.2, -0.15) is 4.31 Å². The summed E-state index contributed by atoms with van der Waals surface area (Å²) in [6, 6.07) is 6.23. The van der Waals surface area contributed by atoms with Crippen molar-refractivity contribution in [3.05, 3.63) is 47.2 Å². The second kappa shape index (κ2) is 11.2. The highest BCUT2D eigenvalue weighted by molar-refractivity contribution is 7.91. The number of fused-ring (bicyclic) bond motifs is 2. The molecule has 2 saturated heterocycles. The van der Waals surface area contributed by atoms with Crippen LogP contribution in [0.2, 0.25) is 0 Å². The van der Waals surface area contributed by atoms with E-state index in [9.17, 15) is 23.1 Å².